The molecule has 4 rings (SSSR count). The van der Waals surface area contributed by atoms with Crippen LogP contribution in [-0.2, 0) is 9.59 Å². The summed E-state index contributed by atoms with van der Waals surface area (Å²) in [6, 6.07) is 8.09. The number of amides is 2. The Morgan fingerprint density at radius 3 is 2.31 bits per heavy atom. The second-order valence-electron chi connectivity index (χ2n) is 14.6. The second-order valence-corrected chi connectivity index (χ2v) is 14.6. The Labute approximate surface area is 265 Å². The molecule has 9 nitrogen and oxygen atoms in total. The number of nitrogens with one attached hydrogen (secondary N) is 1. The molecular formula is C35H47FN4O5. The summed E-state index contributed by atoms with van der Waals surface area (Å²) >= 11 is 0. The lowest BCUT2D eigenvalue weighted by Crippen LogP contribution is -2.51. The van der Waals surface area contributed by atoms with E-state index >= 15 is 0 Å². The molecular weight excluding hydrogens is 575 g/mol. The smallest absolute Gasteiger partial charge is 0.305 e. The normalized spacial score (nSPS) is 21.1. The number of carbonyl (C=O) groups is 3. The number of hydrogen-bond acceptors (Lipinski definition) is 6. The third-order valence-corrected chi connectivity index (χ3v) is 9.14. The Balaban J connectivity index is 1.74. The van der Waals surface area contributed by atoms with Crippen LogP contribution in [-0.4, -0.2) is 57.8 Å². The molecule has 1 aliphatic carbocycles. The molecule has 2 aromatic rings. The predicted molar refractivity (Wildman–Crippen MR) is 171 cm³/mol. The third-order valence-electron chi connectivity index (χ3n) is 9.14. The van der Waals surface area contributed by atoms with E-state index in [1.54, 1.807) is 12.1 Å². The SMILES string of the molecule is COc1ncc(C2=NC3(CCC(C(C)(C)C)CC3)N(C(CCC(C)(C)C)c3ccc(C(=O)NCCC(=O)O)cc3)C2=O)cc1F. The van der Waals surface area contributed by atoms with Gasteiger partial charge in [0.1, 0.15) is 11.4 Å². The van der Waals surface area contributed by atoms with Crippen molar-refractivity contribution in [3.8, 4) is 5.88 Å². The molecule has 45 heavy (non-hydrogen) atoms. The topological polar surface area (TPSA) is 121 Å². The quantitative estimate of drug-likeness (QED) is 0.309. The van der Waals surface area contributed by atoms with Crippen molar-refractivity contribution in [2.75, 3.05) is 13.7 Å². The Hall–Kier alpha value is -3.82. The first kappa shape index (κ1) is 34.1. The minimum atomic E-state index is -0.983. The molecule has 2 aliphatic rings. The number of aromatic nitrogens is 1. The van der Waals surface area contributed by atoms with Gasteiger partial charge < -0.3 is 20.1 Å². The number of carboxylic acid groups (broad SMARTS) is 1. The van der Waals surface area contributed by atoms with Crippen LogP contribution in [0.4, 0.5) is 4.39 Å². The van der Waals surface area contributed by atoms with E-state index in [4.69, 9.17) is 14.8 Å². The maximum absolute atomic E-state index is 14.8. The molecule has 1 unspecified atom stereocenters. The summed E-state index contributed by atoms with van der Waals surface area (Å²) in [6.45, 7) is 13.3. The summed E-state index contributed by atoms with van der Waals surface area (Å²) in [5, 5.41) is 11.5. The van der Waals surface area contributed by atoms with Gasteiger partial charge in [-0.25, -0.2) is 9.37 Å². The maximum Gasteiger partial charge on any atom is 0.305 e. The van der Waals surface area contributed by atoms with Crippen LogP contribution in [0, 0.1) is 22.6 Å². The van der Waals surface area contributed by atoms with Crippen molar-refractivity contribution in [2.24, 2.45) is 21.7 Å². The number of aliphatic carboxylic acids is 1. The standard InChI is InChI=1S/C35H47FN4O5/c1-33(2,3)16-14-27(22-8-10-23(11-9-22)30(43)37-19-15-28(41)42)40-32(44)29(24-20-26(36)31(45-7)38-21-24)39-35(40)17-12-25(13-18-35)34(4,5)6/h8-11,20-21,25,27H,12-19H2,1-7H3,(H,37,43)(H,41,42). The first-order valence-electron chi connectivity index (χ1n) is 15.8. The number of ether oxygens (including phenoxy) is 1. The largest absolute Gasteiger partial charge is 0.481 e. The third kappa shape index (κ3) is 7.89. The van der Waals surface area contributed by atoms with E-state index in [-0.39, 0.29) is 53.2 Å². The number of halogens is 1. The van der Waals surface area contributed by atoms with Crippen molar-refractivity contribution >= 4 is 23.5 Å². The van der Waals surface area contributed by atoms with Crippen LogP contribution < -0.4 is 10.1 Å². The average Bonchev–Trinajstić information content (AvgIpc) is 3.23. The molecule has 1 aromatic carbocycles. The van der Waals surface area contributed by atoms with Crippen LogP contribution in [0.3, 0.4) is 0 Å². The fourth-order valence-electron chi connectivity index (χ4n) is 6.49. The summed E-state index contributed by atoms with van der Waals surface area (Å²) in [6.07, 6.45) is 5.96. The lowest BCUT2D eigenvalue weighted by molar-refractivity contribution is -0.137. The average molecular weight is 623 g/mol. The first-order valence-corrected chi connectivity index (χ1v) is 15.8. The summed E-state index contributed by atoms with van der Waals surface area (Å²) in [5.41, 5.74) is 1.13. The Bertz CT molecular complexity index is 1430. The van der Waals surface area contributed by atoms with E-state index in [9.17, 15) is 18.8 Å². The van der Waals surface area contributed by atoms with Crippen LogP contribution in [0.1, 0.15) is 114 Å². The molecule has 1 saturated carbocycles. The Morgan fingerprint density at radius 2 is 1.78 bits per heavy atom. The Kier molecular flexibility index (Phi) is 10.0. The molecule has 10 heteroatoms. The van der Waals surface area contributed by atoms with E-state index in [2.05, 4.69) is 51.8 Å². The molecule has 1 spiro atoms. The number of nitrogens with zero attached hydrogens (tertiary/aromatic N) is 3. The van der Waals surface area contributed by atoms with Crippen LogP contribution in [0.25, 0.3) is 0 Å². The summed E-state index contributed by atoms with van der Waals surface area (Å²) in [4.78, 5) is 49.2. The molecule has 1 atom stereocenters. The number of aliphatic imine (C=N–C) groups is 1. The number of methoxy groups -OCH3 is 1. The van der Waals surface area contributed by atoms with Crippen molar-refractivity contribution in [2.45, 2.75) is 98.2 Å². The van der Waals surface area contributed by atoms with Gasteiger partial charge in [-0.3, -0.25) is 19.4 Å². The zero-order chi connectivity index (χ0) is 33.2. The van der Waals surface area contributed by atoms with Crippen LogP contribution in [0.15, 0.2) is 41.5 Å². The van der Waals surface area contributed by atoms with Crippen LogP contribution in [0.5, 0.6) is 5.88 Å². The van der Waals surface area contributed by atoms with Gasteiger partial charge in [0, 0.05) is 23.9 Å². The highest BCUT2D eigenvalue weighted by molar-refractivity contribution is 6.46. The monoisotopic (exact) mass is 622 g/mol. The zero-order valence-electron chi connectivity index (χ0n) is 27.6. The molecule has 244 valence electrons. The maximum atomic E-state index is 14.8. The van der Waals surface area contributed by atoms with Gasteiger partial charge in [-0.05, 0) is 79.0 Å². The molecule has 0 bridgehead atoms. The van der Waals surface area contributed by atoms with Gasteiger partial charge in [0.15, 0.2) is 5.82 Å². The predicted octanol–water partition coefficient (Wildman–Crippen LogP) is 6.57. The second kappa shape index (κ2) is 13.3. The lowest BCUT2D eigenvalue weighted by atomic mass is 9.69. The Morgan fingerprint density at radius 1 is 1.13 bits per heavy atom. The number of rotatable bonds is 10. The molecule has 0 saturated heterocycles. The summed E-state index contributed by atoms with van der Waals surface area (Å²) < 4.78 is 19.8. The summed E-state index contributed by atoms with van der Waals surface area (Å²) in [7, 11) is 1.35. The van der Waals surface area contributed by atoms with Crippen molar-refractivity contribution < 1.29 is 28.6 Å². The fourth-order valence-corrected chi connectivity index (χ4v) is 6.49. The van der Waals surface area contributed by atoms with Gasteiger partial charge in [-0.2, -0.15) is 0 Å². The molecule has 1 aliphatic heterocycles. The first-order chi connectivity index (χ1) is 21.0. The van der Waals surface area contributed by atoms with Gasteiger partial charge in [0.25, 0.3) is 11.8 Å². The van der Waals surface area contributed by atoms with Gasteiger partial charge >= 0.3 is 5.97 Å². The van der Waals surface area contributed by atoms with E-state index in [1.165, 1.54) is 19.4 Å². The van der Waals surface area contributed by atoms with E-state index in [1.807, 2.05) is 17.0 Å². The van der Waals surface area contributed by atoms with Gasteiger partial charge in [0.05, 0.1) is 19.6 Å². The van der Waals surface area contributed by atoms with Crippen molar-refractivity contribution in [3.05, 3.63) is 59.0 Å². The number of carbonyl (C=O) groups excluding carboxylic acids is 2. The number of benzene rings is 1. The number of carboxylic acids is 1. The molecule has 1 fully saturated rings. The molecule has 1 aromatic heterocycles. The van der Waals surface area contributed by atoms with Crippen molar-refractivity contribution in [1.29, 1.82) is 0 Å². The van der Waals surface area contributed by atoms with Gasteiger partial charge in [0.2, 0.25) is 5.88 Å². The van der Waals surface area contributed by atoms with Crippen molar-refractivity contribution in [1.82, 2.24) is 15.2 Å². The molecule has 2 N–H and O–H groups in total. The van der Waals surface area contributed by atoms with E-state index in [0.29, 0.717) is 36.3 Å². The summed E-state index contributed by atoms with van der Waals surface area (Å²) in [5.74, 6) is -1.92. The highest BCUT2D eigenvalue weighted by Crippen LogP contribution is 2.50. The molecule has 0 radical (unpaired) electrons. The van der Waals surface area contributed by atoms with Gasteiger partial charge in [-0.1, -0.05) is 53.7 Å². The van der Waals surface area contributed by atoms with Crippen LogP contribution in [0.2, 0.25) is 0 Å². The van der Waals surface area contributed by atoms with Crippen molar-refractivity contribution in [3.63, 3.8) is 0 Å². The highest BCUT2D eigenvalue weighted by Gasteiger charge is 2.53. The molecule has 2 heterocycles. The zero-order valence-corrected chi connectivity index (χ0v) is 27.6. The highest BCUT2D eigenvalue weighted by atomic mass is 19.1. The van der Waals surface area contributed by atoms with Crippen LogP contribution >= 0.6 is 0 Å². The van der Waals surface area contributed by atoms with Gasteiger partial charge in [-0.15, -0.1) is 0 Å². The number of hydrogen-bond donors (Lipinski definition) is 2. The van der Waals surface area contributed by atoms with E-state index in [0.717, 1.165) is 24.8 Å². The number of pyridine rings is 1. The minimum Gasteiger partial charge on any atom is -0.481 e. The van der Waals surface area contributed by atoms with E-state index < -0.39 is 17.4 Å². The minimum absolute atomic E-state index is 0.00519. The molecule has 2 amide bonds. The fraction of sp³-hybridized carbons (Fsp3) is 0.571. The lowest BCUT2D eigenvalue weighted by Gasteiger charge is -2.47.